The molecule has 0 aliphatic heterocycles. The van der Waals surface area contributed by atoms with Gasteiger partial charge in [0.2, 0.25) is 0 Å². The van der Waals surface area contributed by atoms with Gasteiger partial charge >= 0.3 is 5.97 Å². The van der Waals surface area contributed by atoms with Gasteiger partial charge in [-0.1, -0.05) is 18.2 Å². The quantitative estimate of drug-likeness (QED) is 0.927. The second kappa shape index (κ2) is 5.46. The molecular weight excluding hydrogens is 254 g/mol. The number of benzene rings is 1. The van der Waals surface area contributed by atoms with Crippen molar-refractivity contribution < 1.29 is 9.90 Å². The molecule has 5 heteroatoms. The second-order valence-corrected chi connectivity index (χ2v) is 5.04. The summed E-state index contributed by atoms with van der Waals surface area (Å²) in [5.41, 5.74) is 3.29. The highest BCUT2D eigenvalue weighted by Crippen LogP contribution is 2.27. The number of aromatic nitrogens is 2. The van der Waals surface area contributed by atoms with E-state index in [1.807, 2.05) is 44.2 Å². The lowest BCUT2D eigenvalue weighted by molar-refractivity contribution is -0.142. The van der Waals surface area contributed by atoms with Crippen LogP contribution in [-0.2, 0) is 4.79 Å². The minimum Gasteiger partial charge on any atom is -0.480 e. The highest BCUT2D eigenvalue weighted by atomic mass is 16.4. The Morgan fingerprint density at radius 3 is 2.35 bits per heavy atom. The summed E-state index contributed by atoms with van der Waals surface area (Å²) in [6, 6.07) is 9.03. The molecular formula is C15H19N3O2. The highest BCUT2D eigenvalue weighted by Gasteiger charge is 2.29. The topological polar surface area (TPSA) is 58.4 Å². The van der Waals surface area contributed by atoms with Crippen LogP contribution in [0, 0.1) is 13.8 Å². The molecule has 0 aliphatic rings. The Labute approximate surface area is 118 Å². The zero-order chi connectivity index (χ0) is 14.9. The summed E-state index contributed by atoms with van der Waals surface area (Å²) < 4.78 is 1.80. The number of para-hydroxylation sites is 1. The molecule has 0 bridgehead atoms. The zero-order valence-corrected chi connectivity index (χ0v) is 12.2. The number of nitrogens with zero attached hydrogens (tertiary/aromatic N) is 3. The highest BCUT2D eigenvalue weighted by molar-refractivity contribution is 5.76. The van der Waals surface area contributed by atoms with Crippen molar-refractivity contribution >= 4 is 5.97 Å². The SMILES string of the molecule is Cc1nn(-c2ccccc2)c(C)c1C(C(=O)O)N(C)C. The number of carboxylic acids is 1. The fourth-order valence-electron chi connectivity index (χ4n) is 2.47. The van der Waals surface area contributed by atoms with Crippen molar-refractivity contribution in [2.24, 2.45) is 0 Å². The number of aryl methyl sites for hydroxylation is 1. The van der Waals surface area contributed by atoms with Crippen LogP contribution in [-0.4, -0.2) is 39.9 Å². The van der Waals surface area contributed by atoms with E-state index in [4.69, 9.17) is 0 Å². The summed E-state index contributed by atoms with van der Waals surface area (Å²) in [5, 5.41) is 13.9. The van der Waals surface area contributed by atoms with E-state index in [1.165, 1.54) is 0 Å². The first kappa shape index (κ1) is 14.3. The molecule has 5 nitrogen and oxygen atoms in total. The van der Waals surface area contributed by atoms with Crippen molar-refractivity contribution in [2.75, 3.05) is 14.1 Å². The van der Waals surface area contributed by atoms with Gasteiger partial charge < -0.3 is 5.11 Å². The van der Waals surface area contributed by atoms with Crippen molar-refractivity contribution in [3.63, 3.8) is 0 Å². The lowest BCUT2D eigenvalue weighted by atomic mass is 10.0. The van der Waals surface area contributed by atoms with E-state index < -0.39 is 12.0 Å². The van der Waals surface area contributed by atoms with Crippen LogP contribution < -0.4 is 0 Å². The molecule has 2 aromatic rings. The van der Waals surface area contributed by atoms with E-state index in [2.05, 4.69) is 5.10 Å². The monoisotopic (exact) mass is 273 g/mol. The average molecular weight is 273 g/mol. The molecule has 0 fully saturated rings. The van der Waals surface area contributed by atoms with Gasteiger partial charge in [0.25, 0.3) is 0 Å². The molecule has 20 heavy (non-hydrogen) atoms. The number of likely N-dealkylation sites (N-methyl/N-ethyl adjacent to an activating group) is 1. The Balaban J connectivity index is 2.57. The predicted octanol–water partition coefficient (Wildman–Crippen LogP) is 2.18. The summed E-state index contributed by atoms with van der Waals surface area (Å²) >= 11 is 0. The van der Waals surface area contributed by atoms with Gasteiger partial charge in [0.15, 0.2) is 0 Å². The summed E-state index contributed by atoms with van der Waals surface area (Å²) in [7, 11) is 3.52. The number of hydrogen-bond acceptors (Lipinski definition) is 3. The maximum absolute atomic E-state index is 11.5. The van der Waals surface area contributed by atoms with E-state index in [0.717, 1.165) is 22.6 Å². The Morgan fingerprint density at radius 2 is 1.85 bits per heavy atom. The molecule has 2 rings (SSSR count). The number of hydrogen-bond donors (Lipinski definition) is 1. The van der Waals surface area contributed by atoms with Crippen LogP contribution in [0.15, 0.2) is 30.3 Å². The van der Waals surface area contributed by atoms with Crippen molar-refractivity contribution in [1.29, 1.82) is 0 Å². The van der Waals surface area contributed by atoms with Crippen LogP contribution in [0.2, 0.25) is 0 Å². The third-order valence-corrected chi connectivity index (χ3v) is 3.37. The maximum atomic E-state index is 11.5. The van der Waals surface area contributed by atoms with E-state index in [1.54, 1.807) is 23.7 Å². The van der Waals surface area contributed by atoms with Gasteiger partial charge in [-0.3, -0.25) is 9.69 Å². The Kier molecular flexibility index (Phi) is 3.90. The lowest BCUT2D eigenvalue weighted by Gasteiger charge is -2.20. The summed E-state index contributed by atoms with van der Waals surface area (Å²) in [5.74, 6) is -0.867. The first-order valence-electron chi connectivity index (χ1n) is 6.44. The smallest absolute Gasteiger partial charge is 0.325 e. The fourth-order valence-corrected chi connectivity index (χ4v) is 2.47. The van der Waals surface area contributed by atoms with E-state index in [9.17, 15) is 9.90 Å². The normalized spacial score (nSPS) is 12.7. The molecule has 0 amide bonds. The number of carbonyl (C=O) groups is 1. The number of rotatable bonds is 4. The molecule has 1 atom stereocenters. The number of aliphatic carboxylic acids is 1. The molecule has 1 aromatic carbocycles. The number of carboxylic acid groups (broad SMARTS) is 1. The van der Waals surface area contributed by atoms with Crippen molar-refractivity contribution in [1.82, 2.24) is 14.7 Å². The molecule has 0 aliphatic carbocycles. The van der Waals surface area contributed by atoms with Crippen LogP contribution in [0.4, 0.5) is 0 Å². The minimum atomic E-state index is -0.867. The Bertz CT molecular complexity index is 618. The van der Waals surface area contributed by atoms with Gasteiger partial charge in [-0.15, -0.1) is 0 Å². The van der Waals surface area contributed by atoms with Gasteiger partial charge in [-0.25, -0.2) is 4.68 Å². The predicted molar refractivity (Wildman–Crippen MR) is 77.1 cm³/mol. The summed E-state index contributed by atoms with van der Waals surface area (Å²) in [6.45, 7) is 3.75. The Hall–Kier alpha value is -2.14. The first-order valence-corrected chi connectivity index (χ1v) is 6.44. The largest absolute Gasteiger partial charge is 0.480 e. The molecule has 1 heterocycles. The average Bonchev–Trinajstić information content (AvgIpc) is 2.67. The van der Waals surface area contributed by atoms with Gasteiger partial charge in [-0.05, 0) is 40.1 Å². The first-order chi connectivity index (χ1) is 9.43. The van der Waals surface area contributed by atoms with Crippen LogP contribution in [0.3, 0.4) is 0 Å². The summed E-state index contributed by atoms with van der Waals surface area (Å²) in [6.07, 6.45) is 0. The second-order valence-electron chi connectivity index (χ2n) is 5.04. The minimum absolute atomic E-state index is 0.688. The van der Waals surface area contributed by atoms with Crippen LogP contribution in [0.25, 0.3) is 5.69 Å². The van der Waals surface area contributed by atoms with Crippen molar-refractivity contribution in [2.45, 2.75) is 19.9 Å². The lowest BCUT2D eigenvalue weighted by Crippen LogP contribution is -2.28. The van der Waals surface area contributed by atoms with Crippen LogP contribution in [0.5, 0.6) is 0 Å². The molecule has 106 valence electrons. The van der Waals surface area contributed by atoms with E-state index in [-0.39, 0.29) is 0 Å². The van der Waals surface area contributed by atoms with Crippen LogP contribution in [0.1, 0.15) is 23.0 Å². The van der Waals surface area contributed by atoms with Gasteiger partial charge in [-0.2, -0.15) is 5.10 Å². The molecule has 0 saturated carbocycles. The molecule has 1 N–H and O–H groups in total. The molecule has 0 spiro atoms. The standard InChI is InChI=1S/C15H19N3O2/c1-10-13(14(15(19)20)17(3)4)11(2)18(16-10)12-8-6-5-7-9-12/h5-9,14H,1-4H3,(H,19,20). The van der Waals surface area contributed by atoms with E-state index in [0.29, 0.717) is 0 Å². The third kappa shape index (κ3) is 2.44. The van der Waals surface area contributed by atoms with Crippen molar-refractivity contribution in [3.8, 4) is 5.69 Å². The molecule has 0 saturated heterocycles. The Morgan fingerprint density at radius 1 is 1.25 bits per heavy atom. The van der Waals surface area contributed by atoms with E-state index >= 15 is 0 Å². The van der Waals surface area contributed by atoms with Crippen molar-refractivity contribution in [3.05, 3.63) is 47.3 Å². The zero-order valence-electron chi connectivity index (χ0n) is 12.2. The molecule has 1 unspecified atom stereocenters. The van der Waals surface area contributed by atoms with Gasteiger partial charge in [0.1, 0.15) is 6.04 Å². The summed E-state index contributed by atoms with van der Waals surface area (Å²) in [4.78, 5) is 13.2. The van der Waals surface area contributed by atoms with Crippen LogP contribution >= 0.6 is 0 Å². The third-order valence-electron chi connectivity index (χ3n) is 3.37. The fraction of sp³-hybridized carbons (Fsp3) is 0.333. The maximum Gasteiger partial charge on any atom is 0.325 e. The molecule has 0 radical (unpaired) electrons. The van der Waals surface area contributed by atoms with Gasteiger partial charge in [0, 0.05) is 11.3 Å². The van der Waals surface area contributed by atoms with Gasteiger partial charge in [0.05, 0.1) is 11.4 Å². The molecule has 1 aromatic heterocycles.